The van der Waals surface area contributed by atoms with E-state index in [2.05, 4.69) is 85.1 Å². The molecule has 0 fully saturated rings. The van der Waals surface area contributed by atoms with Crippen LogP contribution in [-0.4, -0.2) is 11.1 Å². The van der Waals surface area contributed by atoms with Crippen LogP contribution in [0.25, 0.3) is 6.08 Å². The van der Waals surface area contributed by atoms with Gasteiger partial charge in [-0.25, -0.2) is 0 Å². The van der Waals surface area contributed by atoms with Gasteiger partial charge in [0.2, 0.25) is 0 Å². The minimum atomic E-state index is 0.106. The normalized spacial score (nSPS) is 13.0. The van der Waals surface area contributed by atoms with Crippen LogP contribution in [0, 0.1) is 5.41 Å². The largest absolute Gasteiger partial charge is 0.295 e. The van der Waals surface area contributed by atoms with Gasteiger partial charge in [0.25, 0.3) is 0 Å². The molecule has 0 aliphatic rings. The first-order chi connectivity index (χ1) is 12.2. The van der Waals surface area contributed by atoms with E-state index in [0.29, 0.717) is 5.92 Å². The van der Waals surface area contributed by atoms with Crippen LogP contribution in [0.4, 0.5) is 0 Å². The molecule has 0 N–H and O–H groups in total. The summed E-state index contributed by atoms with van der Waals surface area (Å²) in [7, 11) is 3.75. The van der Waals surface area contributed by atoms with Gasteiger partial charge in [-0.15, -0.1) is 8.86 Å². The smallest absolute Gasteiger partial charge is 0.159 e. The molecule has 0 heterocycles. The van der Waals surface area contributed by atoms with E-state index < -0.39 is 0 Å². The predicted octanol–water partition coefficient (Wildman–Crippen LogP) is 6.61. The molecule has 0 spiro atoms. The van der Waals surface area contributed by atoms with Gasteiger partial charge >= 0.3 is 0 Å². The molecule has 0 saturated carbocycles. The van der Waals surface area contributed by atoms with E-state index in [1.165, 1.54) is 22.0 Å². The van der Waals surface area contributed by atoms with Gasteiger partial charge in [-0.2, -0.15) is 0 Å². The fourth-order valence-corrected chi connectivity index (χ4v) is 3.09. The lowest BCUT2D eigenvalue weighted by molar-refractivity contribution is 0.101. The fraction of sp³-hybridized carbons (Fsp3) is 0.333. The number of Topliss-reactive ketones (excluding diaryl/α,β-unsaturated/α-hetero) is 1. The van der Waals surface area contributed by atoms with Crippen LogP contribution in [0.3, 0.4) is 0 Å². The van der Waals surface area contributed by atoms with E-state index in [0.717, 1.165) is 12.0 Å². The van der Waals surface area contributed by atoms with E-state index in [-0.39, 0.29) is 11.2 Å². The summed E-state index contributed by atoms with van der Waals surface area (Å²) in [5.74, 6) is 0.408. The summed E-state index contributed by atoms with van der Waals surface area (Å²) in [6.45, 7) is 10.3. The summed E-state index contributed by atoms with van der Waals surface area (Å²) in [5.41, 5.74) is 4.70. The molecule has 26 heavy (non-hydrogen) atoms. The van der Waals surface area contributed by atoms with Crippen molar-refractivity contribution in [3.8, 4) is 0 Å². The Morgan fingerprint density at radius 2 is 1.58 bits per heavy atom. The van der Waals surface area contributed by atoms with Gasteiger partial charge in [-0.05, 0) is 47.7 Å². The van der Waals surface area contributed by atoms with Gasteiger partial charge < -0.3 is 0 Å². The maximum Gasteiger partial charge on any atom is 0.159 e. The van der Waals surface area contributed by atoms with E-state index >= 15 is 0 Å². The summed E-state index contributed by atoms with van der Waals surface area (Å²) in [4.78, 5) is 11.4. The zero-order valence-electron chi connectivity index (χ0n) is 16.5. The molecular weight excluding hydrogens is 335 g/mol. The van der Waals surface area contributed by atoms with Crippen molar-refractivity contribution in [1.82, 2.24) is 0 Å². The molecule has 1 unspecified atom stereocenters. The highest BCUT2D eigenvalue weighted by molar-refractivity contribution is 7.21. The predicted molar refractivity (Wildman–Crippen MR) is 117 cm³/mol. The van der Waals surface area contributed by atoms with Gasteiger partial charge in [0.1, 0.15) is 0 Å². The van der Waals surface area contributed by atoms with Crippen LogP contribution < -0.4 is 0 Å². The van der Waals surface area contributed by atoms with E-state index in [1.54, 1.807) is 6.92 Å². The topological polar surface area (TPSA) is 17.1 Å². The fourth-order valence-electron chi connectivity index (χ4n) is 2.82. The summed E-state index contributed by atoms with van der Waals surface area (Å²) in [6, 6.07) is 16.7. The Balaban J connectivity index is 2.18. The molecule has 1 nitrogen and oxygen atoms in total. The van der Waals surface area contributed by atoms with Crippen LogP contribution in [0.15, 0.2) is 54.6 Å². The molecule has 136 valence electrons. The van der Waals surface area contributed by atoms with Crippen molar-refractivity contribution >= 4 is 26.0 Å². The molecule has 2 rings (SSSR count). The molecule has 0 saturated heterocycles. The quantitative estimate of drug-likeness (QED) is 0.416. The summed E-state index contributed by atoms with van der Waals surface area (Å²) < 4.78 is 0. The molecule has 0 radical (unpaired) electrons. The summed E-state index contributed by atoms with van der Waals surface area (Å²) in [5, 5.41) is 1.21. The van der Waals surface area contributed by atoms with Crippen LogP contribution in [-0.2, 0) is 6.42 Å². The zero-order chi connectivity index (χ0) is 19.3. The minimum absolute atomic E-state index is 0.106. The Hall–Kier alpha value is -1.98. The average molecular weight is 364 g/mol. The number of hydrogen-bond acceptors (Lipinski definition) is 1. The number of hydrogen-bond donors (Lipinski definition) is 0. The maximum absolute atomic E-state index is 11.4. The van der Waals surface area contributed by atoms with E-state index in [1.807, 2.05) is 12.1 Å². The number of benzene rings is 2. The molecule has 2 aromatic rings. The second-order valence-electron chi connectivity index (χ2n) is 8.06. The van der Waals surface area contributed by atoms with Crippen LogP contribution in [0.1, 0.15) is 67.6 Å². The maximum atomic E-state index is 11.4. The van der Waals surface area contributed by atoms with Crippen LogP contribution >= 0.6 is 8.86 Å². The van der Waals surface area contributed by atoms with Crippen LogP contribution in [0.5, 0.6) is 0 Å². The lowest BCUT2D eigenvalue weighted by atomic mass is 9.88. The van der Waals surface area contributed by atoms with Crippen molar-refractivity contribution in [3.63, 3.8) is 0 Å². The molecule has 0 aromatic heterocycles. The molecule has 0 aliphatic heterocycles. The number of carbonyl (C=O) groups excluding carboxylic acids is 1. The first-order valence-electron chi connectivity index (χ1n) is 9.10. The monoisotopic (exact) mass is 364 g/mol. The zero-order valence-corrected chi connectivity index (χ0v) is 17.5. The number of carbonyl (C=O) groups is 1. The van der Waals surface area contributed by atoms with Gasteiger partial charge in [0.05, 0.1) is 0 Å². The Morgan fingerprint density at radius 1 is 1.00 bits per heavy atom. The highest BCUT2D eigenvalue weighted by Gasteiger charge is 2.14. The second-order valence-corrected chi connectivity index (χ2v) is 8.85. The molecule has 0 aliphatic carbocycles. The highest BCUT2D eigenvalue weighted by atomic mass is 31.0. The Bertz CT molecular complexity index is 790. The van der Waals surface area contributed by atoms with Gasteiger partial charge in [-0.1, -0.05) is 81.5 Å². The molecule has 2 aromatic carbocycles. The molecule has 1 atom stereocenters. The minimum Gasteiger partial charge on any atom is -0.295 e. The van der Waals surface area contributed by atoms with Gasteiger partial charge in [0, 0.05) is 11.5 Å². The SMILES string of the molecule is CC(=O)c1ccc(CC(C(C)=P)c2ccc(/C=C/C(C)(C)C)cc2)cc1. The average Bonchev–Trinajstić information content (AvgIpc) is 2.58. The Labute approximate surface area is 160 Å². The van der Waals surface area contributed by atoms with Crippen molar-refractivity contribution in [2.75, 3.05) is 0 Å². The Kier molecular flexibility index (Phi) is 6.73. The van der Waals surface area contributed by atoms with Gasteiger partial charge in [0.15, 0.2) is 5.78 Å². The van der Waals surface area contributed by atoms with Gasteiger partial charge in [-0.3, -0.25) is 4.79 Å². The number of allylic oxidation sites excluding steroid dienone is 1. The van der Waals surface area contributed by atoms with Crippen molar-refractivity contribution in [1.29, 1.82) is 0 Å². The molecule has 2 heteroatoms. The van der Waals surface area contributed by atoms with E-state index in [4.69, 9.17) is 0 Å². The van der Waals surface area contributed by atoms with Crippen molar-refractivity contribution in [3.05, 3.63) is 76.9 Å². The molecule has 0 amide bonds. The lowest BCUT2D eigenvalue weighted by Crippen LogP contribution is -2.10. The second kappa shape index (κ2) is 8.60. The first-order valence-corrected chi connectivity index (χ1v) is 9.60. The van der Waals surface area contributed by atoms with Crippen molar-refractivity contribution in [2.24, 2.45) is 5.41 Å². The highest BCUT2D eigenvalue weighted by Crippen LogP contribution is 2.25. The van der Waals surface area contributed by atoms with Crippen molar-refractivity contribution < 1.29 is 4.79 Å². The Morgan fingerprint density at radius 3 is 2.04 bits per heavy atom. The number of ketones is 1. The standard InChI is InChI=1S/C24H29OP/c1-17(25)21-10-8-20(9-11-21)16-23(18(2)26)22-12-6-19(7-13-22)14-15-24(3,4)5/h6-15,23,26H,16H2,1-5H3/b15-14+. The first kappa shape index (κ1) is 20.3. The lowest BCUT2D eigenvalue weighted by Gasteiger charge is -2.18. The molecular formula is C24H29OP. The number of rotatable bonds is 6. The third kappa shape index (κ3) is 6.07. The summed E-state index contributed by atoms with van der Waals surface area (Å²) >= 11 is 0. The van der Waals surface area contributed by atoms with Crippen LogP contribution in [0.2, 0.25) is 0 Å². The third-order valence-corrected chi connectivity index (χ3v) is 4.79. The molecule has 0 bridgehead atoms. The summed E-state index contributed by atoms with van der Waals surface area (Å²) in [6.07, 6.45) is 5.33. The van der Waals surface area contributed by atoms with E-state index in [9.17, 15) is 4.79 Å². The van der Waals surface area contributed by atoms with Crippen molar-refractivity contribution in [2.45, 2.75) is 47.0 Å². The third-order valence-electron chi connectivity index (χ3n) is 4.44.